The Morgan fingerprint density at radius 3 is 2.62 bits per heavy atom. The minimum absolute atomic E-state index is 0.0337. The smallest absolute Gasteiger partial charge is 0.221 e. The van der Waals surface area contributed by atoms with Crippen molar-refractivity contribution < 1.29 is 13.2 Å². The lowest BCUT2D eigenvalue weighted by molar-refractivity contribution is -0.121. The highest BCUT2D eigenvalue weighted by atomic mass is 32.2. The summed E-state index contributed by atoms with van der Waals surface area (Å²) in [5.74, 6) is 0.00109. The van der Waals surface area contributed by atoms with E-state index < -0.39 is 9.84 Å². The van der Waals surface area contributed by atoms with Gasteiger partial charge in [0.2, 0.25) is 5.91 Å². The van der Waals surface area contributed by atoms with Crippen molar-refractivity contribution >= 4 is 15.7 Å². The van der Waals surface area contributed by atoms with Crippen molar-refractivity contribution in [2.45, 2.75) is 56.9 Å². The van der Waals surface area contributed by atoms with Crippen LogP contribution in [0.15, 0.2) is 23.1 Å². The maximum absolute atomic E-state index is 12.5. The minimum atomic E-state index is -3.43. The van der Waals surface area contributed by atoms with Gasteiger partial charge in [0.15, 0.2) is 9.84 Å². The van der Waals surface area contributed by atoms with Gasteiger partial charge in [-0.05, 0) is 54.9 Å². The summed E-state index contributed by atoms with van der Waals surface area (Å²) in [5.41, 5.74) is 8.03. The number of hydrogen-bond donors (Lipinski definition) is 2. The average molecular weight is 353 g/mol. The van der Waals surface area contributed by atoms with E-state index in [1.165, 1.54) is 5.56 Å². The summed E-state index contributed by atoms with van der Waals surface area (Å²) < 4.78 is 24.9. The van der Waals surface area contributed by atoms with E-state index in [0.717, 1.165) is 31.2 Å². The highest BCUT2D eigenvalue weighted by Gasteiger charge is 2.20. The van der Waals surface area contributed by atoms with Gasteiger partial charge < -0.3 is 11.1 Å². The number of carbonyl (C=O) groups is 1. The summed E-state index contributed by atoms with van der Waals surface area (Å²) in [4.78, 5) is 12.4. The minimum Gasteiger partial charge on any atom is -0.352 e. The van der Waals surface area contributed by atoms with Crippen molar-refractivity contribution in [3.05, 3.63) is 29.3 Å². The van der Waals surface area contributed by atoms with E-state index in [-0.39, 0.29) is 24.1 Å². The molecule has 1 aliphatic carbocycles. The van der Waals surface area contributed by atoms with Gasteiger partial charge in [-0.3, -0.25) is 4.79 Å². The number of hydrogen-bond acceptors (Lipinski definition) is 4. The summed E-state index contributed by atoms with van der Waals surface area (Å²) in [7, 11) is -3.43. The average Bonchev–Trinajstić information content (AvgIpc) is 2.99. The van der Waals surface area contributed by atoms with Gasteiger partial charge in [-0.15, -0.1) is 0 Å². The molecular weight excluding hydrogens is 324 g/mol. The second-order valence-corrected chi connectivity index (χ2v) is 9.09. The molecule has 0 saturated carbocycles. The quantitative estimate of drug-likeness (QED) is 0.747. The lowest BCUT2D eigenvalue weighted by Gasteiger charge is -2.18. The van der Waals surface area contributed by atoms with Gasteiger partial charge in [-0.1, -0.05) is 19.9 Å². The fraction of sp³-hybridized carbons (Fsp3) is 0.611. The van der Waals surface area contributed by atoms with Crippen LogP contribution in [0, 0.1) is 5.92 Å². The van der Waals surface area contributed by atoms with Crippen LogP contribution in [-0.2, 0) is 27.5 Å². The molecule has 6 heteroatoms. The van der Waals surface area contributed by atoms with Crippen LogP contribution >= 0.6 is 0 Å². The molecule has 0 saturated heterocycles. The first-order valence-electron chi connectivity index (χ1n) is 8.66. The Bertz CT molecular complexity index is 684. The number of aryl methyl sites for hydroxylation is 2. The van der Waals surface area contributed by atoms with E-state index in [0.29, 0.717) is 17.4 Å². The van der Waals surface area contributed by atoms with Crippen LogP contribution in [0.5, 0.6) is 0 Å². The molecule has 2 rings (SSSR count). The van der Waals surface area contributed by atoms with Crippen LogP contribution in [0.1, 0.15) is 44.2 Å². The summed E-state index contributed by atoms with van der Waals surface area (Å²) in [6.07, 6.45) is 3.80. The van der Waals surface area contributed by atoms with E-state index in [2.05, 4.69) is 19.2 Å². The third kappa shape index (κ3) is 5.05. The molecule has 0 radical (unpaired) electrons. The van der Waals surface area contributed by atoms with E-state index in [4.69, 9.17) is 5.73 Å². The van der Waals surface area contributed by atoms with Crippen molar-refractivity contribution in [1.29, 1.82) is 0 Å². The molecule has 0 fully saturated rings. The van der Waals surface area contributed by atoms with Gasteiger partial charge in [0.05, 0.1) is 10.6 Å². The first-order chi connectivity index (χ1) is 11.3. The molecule has 1 aliphatic rings. The normalized spacial score (nSPS) is 15.3. The zero-order valence-corrected chi connectivity index (χ0v) is 15.4. The first-order valence-corrected chi connectivity index (χ1v) is 10.3. The molecule has 1 unspecified atom stereocenters. The topological polar surface area (TPSA) is 89.3 Å². The molecule has 0 spiro atoms. The maximum Gasteiger partial charge on any atom is 0.221 e. The van der Waals surface area contributed by atoms with Crippen LogP contribution in [0.3, 0.4) is 0 Å². The van der Waals surface area contributed by atoms with Crippen molar-refractivity contribution in [3.63, 3.8) is 0 Å². The standard InChI is InChI=1S/C18H28N2O3S/c1-13(2)10-16(12-19)20-18(21)8-9-24(22,23)17-7-6-14-4-3-5-15(14)11-17/h6-7,11,13,16H,3-5,8-10,12,19H2,1-2H3,(H,20,21). The zero-order valence-electron chi connectivity index (χ0n) is 14.5. The Labute approximate surface area is 144 Å². The summed E-state index contributed by atoms with van der Waals surface area (Å²) in [6, 6.07) is 5.25. The summed E-state index contributed by atoms with van der Waals surface area (Å²) in [6.45, 7) is 4.49. The fourth-order valence-corrected chi connectivity index (χ4v) is 4.46. The molecule has 0 aliphatic heterocycles. The molecule has 1 aromatic carbocycles. The molecule has 3 N–H and O–H groups in total. The number of nitrogens with two attached hydrogens (primary N) is 1. The predicted molar refractivity (Wildman–Crippen MR) is 95.6 cm³/mol. The SMILES string of the molecule is CC(C)CC(CN)NC(=O)CCS(=O)(=O)c1ccc2c(c1)CCC2. The van der Waals surface area contributed by atoms with Gasteiger partial charge in [0.1, 0.15) is 0 Å². The number of nitrogens with one attached hydrogen (secondary N) is 1. The van der Waals surface area contributed by atoms with Crippen molar-refractivity contribution in [2.75, 3.05) is 12.3 Å². The molecule has 0 bridgehead atoms. The van der Waals surface area contributed by atoms with E-state index in [1.54, 1.807) is 12.1 Å². The van der Waals surface area contributed by atoms with Crippen LogP contribution in [0.25, 0.3) is 0 Å². The van der Waals surface area contributed by atoms with Gasteiger partial charge in [0, 0.05) is 19.0 Å². The zero-order chi connectivity index (χ0) is 17.7. The van der Waals surface area contributed by atoms with Crippen molar-refractivity contribution in [3.8, 4) is 0 Å². The largest absolute Gasteiger partial charge is 0.352 e. The maximum atomic E-state index is 12.5. The number of fused-ring (bicyclic) bond motifs is 1. The number of rotatable bonds is 8. The van der Waals surface area contributed by atoms with Crippen LogP contribution in [0.2, 0.25) is 0 Å². The van der Waals surface area contributed by atoms with E-state index >= 15 is 0 Å². The number of carbonyl (C=O) groups excluding carboxylic acids is 1. The lowest BCUT2D eigenvalue weighted by Crippen LogP contribution is -2.41. The monoisotopic (exact) mass is 352 g/mol. The molecule has 0 aromatic heterocycles. The molecule has 134 valence electrons. The second-order valence-electron chi connectivity index (χ2n) is 6.98. The Kier molecular flexibility index (Phi) is 6.40. The summed E-state index contributed by atoms with van der Waals surface area (Å²) in [5, 5.41) is 2.84. The first kappa shape index (κ1) is 18.9. The van der Waals surface area contributed by atoms with Crippen LogP contribution in [0.4, 0.5) is 0 Å². The molecule has 24 heavy (non-hydrogen) atoms. The van der Waals surface area contributed by atoms with Crippen LogP contribution < -0.4 is 11.1 Å². The predicted octanol–water partition coefficient (Wildman–Crippen LogP) is 1.83. The highest BCUT2D eigenvalue weighted by molar-refractivity contribution is 7.91. The second kappa shape index (κ2) is 8.12. The van der Waals surface area contributed by atoms with Gasteiger partial charge in [-0.2, -0.15) is 0 Å². The van der Waals surface area contributed by atoms with Crippen LogP contribution in [-0.4, -0.2) is 32.7 Å². The molecular formula is C18H28N2O3S. The number of benzene rings is 1. The lowest BCUT2D eigenvalue weighted by atomic mass is 10.0. The Hall–Kier alpha value is -1.40. The summed E-state index contributed by atoms with van der Waals surface area (Å²) >= 11 is 0. The third-order valence-electron chi connectivity index (χ3n) is 4.43. The van der Waals surface area contributed by atoms with Crippen molar-refractivity contribution in [2.24, 2.45) is 11.7 Å². The van der Waals surface area contributed by atoms with E-state index in [1.807, 2.05) is 6.07 Å². The molecule has 1 atom stereocenters. The number of amides is 1. The van der Waals surface area contributed by atoms with Gasteiger partial charge in [-0.25, -0.2) is 8.42 Å². The molecule has 1 aromatic rings. The molecule has 1 amide bonds. The Morgan fingerprint density at radius 1 is 1.25 bits per heavy atom. The Morgan fingerprint density at radius 2 is 1.96 bits per heavy atom. The van der Waals surface area contributed by atoms with Gasteiger partial charge in [0.25, 0.3) is 0 Å². The number of sulfone groups is 1. The highest BCUT2D eigenvalue weighted by Crippen LogP contribution is 2.25. The molecule has 0 heterocycles. The third-order valence-corrected chi connectivity index (χ3v) is 6.15. The van der Waals surface area contributed by atoms with Gasteiger partial charge >= 0.3 is 0 Å². The van der Waals surface area contributed by atoms with E-state index in [9.17, 15) is 13.2 Å². The fourth-order valence-electron chi connectivity index (χ4n) is 3.17. The Balaban J connectivity index is 1.93. The molecule has 5 nitrogen and oxygen atoms in total. The van der Waals surface area contributed by atoms with Crippen molar-refractivity contribution in [1.82, 2.24) is 5.32 Å².